The van der Waals surface area contributed by atoms with Crippen LogP contribution in [0.15, 0.2) is 66.7 Å². The van der Waals surface area contributed by atoms with Crippen LogP contribution in [0.2, 0.25) is 0 Å². The number of benzene rings is 4. The largest absolute Gasteiger partial charge is 0.497 e. The van der Waals surface area contributed by atoms with Gasteiger partial charge in [0.1, 0.15) is 5.75 Å². The molecule has 0 saturated carbocycles. The van der Waals surface area contributed by atoms with Crippen LogP contribution in [-0.2, 0) is 12.8 Å². The van der Waals surface area contributed by atoms with Crippen molar-refractivity contribution in [2.24, 2.45) is 0 Å². The Morgan fingerprint density at radius 1 is 0.692 bits per heavy atom. The minimum atomic E-state index is 0.898. The second-order valence-electron chi connectivity index (χ2n) is 7.24. The standard InChI is InChI=1S/C25H22O/c1-26-21-7-4-6-19(15-21)20-10-9-18-12-13-23-22-8-3-2-5-17(22)11-14-24(23)25(18)16-20/h4,6-7,9-16H,2-3,5,8H2,1H3. The summed E-state index contributed by atoms with van der Waals surface area (Å²) in [6.45, 7) is 0. The van der Waals surface area contributed by atoms with E-state index in [-0.39, 0.29) is 0 Å². The van der Waals surface area contributed by atoms with Crippen LogP contribution in [0.5, 0.6) is 5.75 Å². The molecule has 1 nitrogen and oxygen atoms in total. The SMILES string of the molecule is COc1cccc(-c2ccc3ccc4c5c(ccc4c3c2)CCCC5)c1. The number of methoxy groups -OCH3 is 1. The molecule has 0 fully saturated rings. The van der Waals surface area contributed by atoms with Crippen molar-refractivity contribution < 1.29 is 4.74 Å². The van der Waals surface area contributed by atoms with Gasteiger partial charge in [0, 0.05) is 0 Å². The van der Waals surface area contributed by atoms with Gasteiger partial charge in [-0.15, -0.1) is 0 Å². The first kappa shape index (κ1) is 15.5. The number of rotatable bonds is 2. The molecule has 4 aromatic rings. The van der Waals surface area contributed by atoms with E-state index < -0.39 is 0 Å². The quantitative estimate of drug-likeness (QED) is 0.377. The first-order chi connectivity index (χ1) is 12.8. The van der Waals surface area contributed by atoms with Crippen LogP contribution in [0.4, 0.5) is 0 Å². The highest BCUT2D eigenvalue weighted by molar-refractivity contribution is 6.10. The van der Waals surface area contributed by atoms with Gasteiger partial charge in [-0.25, -0.2) is 0 Å². The van der Waals surface area contributed by atoms with Crippen molar-refractivity contribution in [1.82, 2.24) is 0 Å². The van der Waals surface area contributed by atoms with Gasteiger partial charge in [0.2, 0.25) is 0 Å². The summed E-state index contributed by atoms with van der Waals surface area (Å²) in [4.78, 5) is 0. The third kappa shape index (κ3) is 2.47. The third-order valence-electron chi connectivity index (χ3n) is 5.75. The first-order valence-corrected chi connectivity index (χ1v) is 9.45. The van der Waals surface area contributed by atoms with Crippen LogP contribution in [-0.4, -0.2) is 7.11 Å². The summed E-state index contributed by atoms with van der Waals surface area (Å²) >= 11 is 0. The molecule has 26 heavy (non-hydrogen) atoms. The molecule has 0 unspecified atom stereocenters. The monoisotopic (exact) mass is 338 g/mol. The minimum absolute atomic E-state index is 0.898. The summed E-state index contributed by atoms with van der Waals surface area (Å²) in [5.41, 5.74) is 5.55. The summed E-state index contributed by atoms with van der Waals surface area (Å²) in [7, 11) is 1.72. The molecule has 0 saturated heterocycles. The Hall–Kier alpha value is -2.80. The zero-order chi connectivity index (χ0) is 17.5. The van der Waals surface area contributed by atoms with E-state index >= 15 is 0 Å². The lowest BCUT2D eigenvalue weighted by Crippen LogP contribution is -2.03. The molecule has 1 heteroatoms. The molecular formula is C25H22O. The maximum Gasteiger partial charge on any atom is 0.119 e. The van der Waals surface area contributed by atoms with E-state index in [9.17, 15) is 0 Å². The van der Waals surface area contributed by atoms with E-state index in [1.54, 1.807) is 18.2 Å². The Labute approximate surface area is 154 Å². The molecule has 0 amide bonds. The molecular weight excluding hydrogens is 316 g/mol. The van der Waals surface area contributed by atoms with Gasteiger partial charge in [-0.3, -0.25) is 0 Å². The fourth-order valence-electron chi connectivity index (χ4n) is 4.37. The van der Waals surface area contributed by atoms with Crippen molar-refractivity contribution in [3.63, 3.8) is 0 Å². The first-order valence-electron chi connectivity index (χ1n) is 9.45. The van der Waals surface area contributed by atoms with Gasteiger partial charge in [0.25, 0.3) is 0 Å². The van der Waals surface area contributed by atoms with Crippen LogP contribution in [0.1, 0.15) is 24.0 Å². The second-order valence-corrected chi connectivity index (χ2v) is 7.24. The van der Waals surface area contributed by atoms with Crippen LogP contribution in [0, 0.1) is 0 Å². The van der Waals surface area contributed by atoms with E-state index in [0.717, 1.165) is 5.75 Å². The van der Waals surface area contributed by atoms with E-state index in [4.69, 9.17) is 4.74 Å². The number of hydrogen-bond acceptors (Lipinski definition) is 1. The van der Waals surface area contributed by atoms with Gasteiger partial charge < -0.3 is 4.74 Å². The van der Waals surface area contributed by atoms with Crippen molar-refractivity contribution >= 4 is 21.5 Å². The highest BCUT2D eigenvalue weighted by Crippen LogP contribution is 2.35. The van der Waals surface area contributed by atoms with Crippen molar-refractivity contribution in [2.75, 3.05) is 7.11 Å². The van der Waals surface area contributed by atoms with Crippen LogP contribution >= 0.6 is 0 Å². The van der Waals surface area contributed by atoms with Crippen LogP contribution in [0.25, 0.3) is 32.7 Å². The molecule has 128 valence electrons. The lowest BCUT2D eigenvalue weighted by atomic mass is 9.86. The lowest BCUT2D eigenvalue weighted by Gasteiger charge is -2.19. The van der Waals surface area contributed by atoms with Crippen LogP contribution in [0.3, 0.4) is 0 Å². The minimum Gasteiger partial charge on any atom is -0.497 e. The summed E-state index contributed by atoms with van der Waals surface area (Å²) in [6, 6.07) is 24.4. The maximum absolute atomic E-state index is 5.40. The van der Waals surface area contributed by atoms with E-state index in [1.807, 2.05) is 6.07 Å². The van der Waals surface area contributed by atoms with Crippen molar-refractivity contribution in [2.45, 2.75) is 25.7 Å². The van der Waals surface area contributed by atoms with Gasteiger partial charge in [-0.2, -0.15) is 0 Å². The van der Waals surface area contributed by atoms with Gasteiger partial charge in [0.05, 0.1) is 7.11 Å². The molecule has 0 heterocycles. The highest BCUT2D eigenvalue weighted by Gasteiger charge is 2.14. The molecule has 5 rings (SSSR count). The Bertz CT molecular complexity index is 1120. The number of hydrogen-bond donors (Lipinski definition) is 0. The van der Waals surface area contributed by atoms with E-state index in [1.165, 1.54) is 58.4 Å². The Kier molecular flexibility index (Phi) is 3.67. The van der Waals surface area contributed by atoms with Gasteiger partial charge >= 0.3 is 0 Å². The number of fused-ring (bicyclic) bond motifs is 5. The molecule has 0 N–H and O–H groups in total. The Morgan fingerprint density at radius 2 is 1.50 bits per heavy atom. The smallest absolute Gasteiger partial charge is 0.119 e. The predicted octanol–water partition coefficient (Wildman–Crippen LogP) is 6.55. The normalized spacial score (nSPS) is 13.7. The van der Waals surface area contributed by atoms with E-state index in [0.29, 0.717) is 0 Å². The summed E-state index contributed by atoms with van der Waals surface area (Å²) in [5.74, 6) is 0.898. The fraction of sp³-hybridized carbons (Fsp3) is 0.200. The third-order valence-corrected chi connectivity index (χ3v) is 5.75. The molecule has 0 spiro atoms. The summed E-state index contributed by atoms with van der Waals surface area (Å²) < 4.78 is 5.40. The maximum atomic E-state index is 5.40. The number of ether oxygens (including phenoxy) is 1. The topological polar surface area (TPSA) is 9.23 Å². The average Bonchev–Trinajstić information content (AvgIpc) is 2.73. The molecule has 1 aliphatic rings. The zero-order valence-electron chi connectivity index (χ0n) is 15.1. The molecule has 0 bridgehead atoms. The van der Waals surface area contributed by atoms with Gasteiger partial charge in [-0.05, 0) is 87.7 Å². The highest BCUT2D eigenvalue weighted by atomic mass is 16.5. The second kappa shape index (κ2) is 6.17. The molecule has 0 radical (unpaired) electrons. The Balaban J connectivity index is 1.75. The van der Waals surface area contributed by atoms with Gasteiger partial charge in [0.15, 0.2) is 0 Å². The van der Waals surface area contributed by atoms with Crippen molar-refractivity contribution in [3.05, 3.63) is 77.9 Å². The molecule has 0 atom stereocenters. The summed E-state index contributed by atoms with van der Waals surface area (Å²) in [5, 5.41) is 5.47. The molecule has 4 aromatic carbocycles. The zero-order valence-corrected chi connectivity index (χ0v) is 15.1. The fourth-order valence-corrected chi connectivity index (χ4v) is 4.37. The van der Waals surface area contributed by atoms with Crippen LogP contribution < -0.4 is 4.74 Å². The predicted molar refractivity (Wildman–Crippen MR) is 110 cm³/mol. The van der Waals surface area contributed by atoms with Crippen molar-refractivity contribution in [3.8, 4) is 16.9 Å². The summed E-state index contributed by atoms with van der Waals surface area (Å²) in [6.07, 6.45) is 5.08. The van der Waals surface area contributed by atoms with E-state index in [2.05, 4.69) is 60.7 Å². The van der Waals surface area contributed by atoms with Crippen molar-refractivity contribution in [1.29, 1.82) is 0 Å². The molecule has 0 aliphatic heterocycles. The molecule has 1 aliphatic carbocycles. The Morgan fingerprint density at radius 3 is 2.42 bits per heavy atom. The van der Waals surface area contributed by atoms with Gasteiger partial charge in [-0.1, -0.05) is 48.5 Å². The molecule has 0 aromatic heterocycles. The average molecular weight is 338 g/mol. The lowest BCUT2D eigenvalue weighted by molar-refractivity contribution is 0.415. The number of aryl methyl sites for hydroxylation is 2.